The van der Waals surface area contributed by atoms with Gasteiger partial charge in [0.25, 0.3) is 11.6 Å². The molecule has 0 radical (unpaired) electrons. The highest BCUT2D eigenvalue weighted by Gasteiger charge is 2.59. The number of rotatable bonds is 3. The molecule has 1 N–H and O–H groups in total. The van der Waals surface area contributed by atoms with Crippen LogP contribution in [0.15, 0.2) is 48.5 Å². The fourth-order valence-corrected chi connectivity index (χ4v) is 4.36. The van der Waals surface area contributed by atoms with Gasteiger partial charge in [0.05, 0.1) is 13.7 Å². The summed E-state index contributed by atoms with van der Waals surface area (Å²) < 4.78 is 7.65. The molecule has 0 aliphatic carbocycles. The van der Waals surface area contributed by atoms with Gasteiger partial charge in [0, 0.05) is 17.0 Å². The summed E-state index contributed by atoms with van der Waals surface area (Å²) in [6, 6.07) is 15.4. The molecule has 2 aliphatic rings. The Bertz CT molecular complexity index is 838. The Morgan fingerprint density at radius 3 is 2.41 bits per heavy atom. The van der Waals surface area contributed by atoms with Crippen LogP contribution in [0.25, 0.3) is 0 Å². The molecule has 27 heavy (non-hydrogen) atoms. The topological polar surface area (TPSA) is 35.7 Å². The van der Waals surface area contributed by atoms with Gasteiger partial charge < -0.3 is 26.8 Å². The molecule has 0 bridgehead atoms. The number of anilines is 1. The maximum atomic E-state index is 12.0. The fraction of sp³-hybridized carbons (Fsp3) is 0.381. The summed E-state index contributed by atoms with van der Waals surface area (Å²) in [4.78, 5) is 2.10. The van der Waals surface area contributed by atoms with Gasteiger partial charge in [-0.05, 0) is 56.2 Å². The van der Waals surface area contributed by atoms with E-state index in [-0.39, 0.29) is 23.0 Å². The first-order chi connectivity index (χ1) is 12.6. The minimum absolute atomic E-state index is 0. The molecule has 0 aromatic heterocycles. The zero-order valence-electron chi connectivity index (χ0n) is 15.5. The quantitative estimate of drug-likeness (QED) is 0.708. The number of amidine groups is 1. The van der Waals surface area contributed by atoms with Crippen molar-refractivity contribution in [3.63, 3.8) is 0 Å². The predicted octanol–water partition coefficient (Wildman–Crippen LogP) is 1.00. The SMILES string of the molecule is COc1ccc(N2C3=[N+](CCCC3)C(C)C2(O)c2ccc(Cl)cc2)cc1.[Br-]. The largest absolute Gasteiger partial charge is 1.00 e. The van der Waals surface area contributed by atoms with Crippen molar-refractivity contribution < 1.29 is 31.4 Å². The van der Waals surface area contributed by atoms with Crippen molar-refractivity contribution in [2.45, 2.75) is 38.0 Å². The summed E-state index contributed by atoms with van der Waals surface area (Å²) >= 11 is 6.08. The highest BCUT2D eigenvalue weighted by atomic mass is 79.9. The standard InChI is InChI=1S/C21H24ClN2O2.BrH/c1-15-21(25,16-6-8-17(22)9-7-16)24(20-5-3-4-14-23(15)20)18-10-12-19(26-2)13-11-18;/h6-13,15,25H,3-5,14H2,1-2H3;1H/q+1;/p-1. The van der Waals surface area contributed by atoms with Gasteiger partial charge >= 0.3 is 0 Å². The van der Waals surface area contributed by atoms with E-state index in [2.05, 4.69) is 16.4 Å². The van der Waals surface area contributed by atoms with Crippen LogP contribution in [0.3, 0.4) is 0 Å². The third-order valence-electron chi connectivity index (χ3n) is 5.63. The first kappa shape index (κ1) is 20.2. The van der Waals surface area contributed by atoms with Crippen LogP contribution in [0.4, 0.5) is 5.69 Å². The third kappa shape index (κ3) is 3.26. The molecule has 2 atom stereocenters. The normalized spacial score (nSPS) is 24.4. The fourth-order valence-electron chi connectivity index (χ4n) is 4.24. The van der Waals surface area contributed by atoms with Gasteiger partial charge in [-0.25, -0.2) is 0 Å². The van der Waals surface area contributed by atoms with Crippen molar-refractivity contribution in [1.82, 2.24) is 0 Å². The van der Waals surface area contributed by atoms with Gasteiger partial charge in [0.1, 0.15) is 11.4 Å². The lowest BCUT2D eigenvalue weighted by Crippen LogP contribution is -3.00. The van der Waals surface area contributed by atoms with Gasteiger partial charge in [-0.3, -0.25) is 4.58 Å². The molecule has 2 aliphatic heterocycles. The molecule has 4 nitrogen and oxygen atoms in total. The summed E-state index contributed by atoms with van der Waals surface area (Å²) in [6.45, 7) is 3.07. The molecule has 4 rings (SSSR count). The van der Waals surface area contributed by atoms with Crippen LogP contribution in [0.1, 0.15) is 31.7 Å². The molecular formula is C21H24BrClN2O2. The van der Waals surface area contributed by atoms with Gasteiger partial charge in [-0.15, -0.1) is 0 Å². The van der Waals surface area contributed by atoms with E-state index in [0.29, 0.717) is 5.02 Å². The molecule has 2 unspecified atom stereocenters. The molecule has 0 saturated heterocycles. The van der Waals surface area contributed by atoms with Gasteiger partial charge in [-0.1, -0.05) is 23.7 Å². The summed E-state index contributed by atoms with van der Waals surface area (Å²) in [5, 5.41) is 12.7. The lowest BCUT2D eigenvalue weighted by molar-refractivity contribution is -0.574. The van der Waals surface area contributed by atoms with Crippen LogP contribution in [-0.4, -0.2) is 35.2 Å². The van der Waals surface area contributed by atoms with E-state index in [1.807, 2.05) is 48.5 Å². The Morgan fingerprint density at radius 2 is 1.78 bits per heavy atom. The maximum absolute atomic E-state index is 12.0. The Hall–Kier alpha value is -1.56. The van der Waals surface area contributed by atoms with E-state index >= 15 is 0 Å². The summed E-state index contributed by atoms with van der Waals surface area (Å²) in [5.41, 5.74) is 0.681. The van der Waals surface area contributed by atoms with Crippen molar-refractivity contribution in [3.8, 4) is 5.75 Å². The minimum Gasteiger partial charge on any atom is -1.00 e. The molecule has 0 spiro atoms. The molecule has 6 heteroatoms. The Kier molecular flexibility index (Phi) is 5.84. The van der Waals surface area contributed by atoms with E-state index in [0.717, 1.165) is 42.8 Å². The van der Waals surface area contributed by atoms with E-state index in [9.17, 15) is 5.11 Å². The molecular weight excluding hydrogens is 428 g/mol. The monoisotopic (exact) mass is 450 g/mol. The van der Waals surface area contributed by atoms with Crippen molar-refractivity contribution in [3.05, 3.63) is 59.1 Å². The number of halogens is 2. The van der Waals surface area contributed by atoms with Crippen LogP contribution in [0.5, 0.6) is 5.75 Å². The smallest absolute Gasteiger partial charge is 0.278 e. The number of benzene rings is 2. The van der Waals surface area contributed by atoms with Crippen LogP contribution in [-0.2, 0) is 5.72 Å². The second-order valence-corrected chi connectivity index (χ2v) is 7.45. The minimum atomic E-state index is -1.14. The van der Waals surface area contributed by atoms with Gasteiger partial charge in [-0.2, -0.15) is 4.90 Å². The molecule has 144 valence electrons. The molecule has 2 aromatic rings. The highest BCUT2D eigenvalue weighted by Crippen LogP contribution is 2.42. The van der Waals surface area contributed by atoms with Crippen LogP contribution in [0.2, 0.25) is 5.02 Å². The number of methoxy groups -OCH3 is 1. The summed E-state index contributed by atoms with van der Waals surface area (Å²) in [5.74, 6) is 1.99. The van der Waals surface area contributed by atoms with Crippen LogP contribution >= 0.6 is 11.6 Å². The number of ether oxygens (including phenoxy) is 1. The molecule has 0 amide bonds. The molecule has 2 heterocycles. The average Bonchev–Trinajstić information content (AvgIpc) is 2.91. The first-order valence-electron chi connectivity index (χ1n) is 9.11. The van der Waals surface area contributed by atoms with Gasteiger partial charge in [0.2, 0.25) is 0 Å². The van der Waals surface area contributed by atoms with Crippen LogP contribution < -0.4 is 26.6 Å². The third-order valence-corrected chi connectivity index (χ3v) is 5.88. The van der Waals surface area contributed by atoms with Crippen molar-refractivity contribution in [2.75, 3.05) is 18.6 Å². The maximum Gasteiger partial charge on any atom is 0.278 e. The Labute approximate surface area is 175 Å². The highest BCUT2D eigenvalue weighted by molar-refractivity contribution is 6.30. The Morgan fingerprint density at radius 1 is 1.11 bits per heavy atom. The summed E-state index contributed by atoms with van der Waals surface area (Å²) in [7, 11) is 1.66. The van der Waals surface area contributed by atoms with Crippen molar-refractivity contribution in [1.29, 1.82) is 0 Å². The lowest BCUT2D eigenvalue weighted by Gasteiger charge is -2.31. The van der Waals surface area contributed by atoms with Crippen molar-refractivity contribution >= 4 is 23.1 Å². The van der Waals surface area contributed by atoms with E-state index in [4.69, 9.17) is 16.3 Å². The number of aliphatic hydroxyl groups is 1. The van der Waals surface area contributed by atoms with E-state index in [1.54, 1.807) is 7.11 Å². The first-order valence-corrected chi connectivity index (χ1v) is 9.48. The second kappa shape index (κ2) is 7.82. The molecule has 0 fully saturated rings. The molecule has 2 aromatic carbocycles. The zero-order chi connectivity index (χ0) is 18.3. The second-order valence-electron chi connectivity index (χ2n) is 7.01. The lowest BCUT2D eigenvalue weighted by atomic mass is 9.94. The average molecular weight is 452 g/mol. The van der Waals surface area contributed by atoms with E-state index < -0.39 is 5.72 Å². The van der Waals surface area contributed by atoms with Crippen LogP contribution in [0, 0.1) is 0 Å². The number of hydrogen-bond acceptors (Lipinski definition) is 3. The van der Waals surface area contributed by atoms with Crippen molar-refractivity contribution in [2.24, 2.45) is 0 Å². The predicted molar refractivity (Wildman–Crippen MR) is 104 cm³/mol. The summed E-state index contributed by atoms with van der Waals surface area (Å²) in [6.07, 6.45) is 3.26. The molecule has 0 saturated carbocycles. The number of hydrogen-bond donors (Lipinski definition) is 1. The zero-order valence-corrected chi connectivity index (χ0v) is 17.9. The Balaban J connectivity index is 0.00000210. The van der Waals surface area contributed by atoms with E-state index in [1.165, 1.54) is 5.84 Å². The number of nitrogens with zero attached hydrogens (tertiary/aromatic N) is 2. The van der Waals surface area contributed by atoms with Gasteiger partial charge in [0.15, 0.2) is 6.04 Å².